The Hall–Kier alpha value is -1.93. The van der Waals surface area contributed by atoms with Gasteiger partial charge in [-0.1, -0.05) is 35.9 Å². The van der Waals surface area contributed by atoms with Gasteiger partial charge in [-0.15, -0.1) is 0 Å². The normalized spacial score (nSPS) is 16.1. The highest BCUT2D eigenvalue weighted by molar-refractivity contribution is 6.30. The summed E-state index contributed by atoms with van der Waals surface area (Å²) in [6, 6.07) is 15.9. The molecule has 0 radical (unpaired) electrons. The molecule has 0 fully saturated rings. The first kappa shape index (κ1) is 12.1. The fourth-order valence-electron chi connectivity index (χ4n) is 2.15. The maximum Gasteiger partial charge on any atom is 0.143 e. The summed E-state index contributed by atoms with van der Waals surface area (Å²) in [6.45, 7) is 0.580. The molecule has 0 unspecified atom stereocenters. The third-order valence-corrected chi connectivity index (χ3v) is 3.49. The van der Waals surface area contributed by atoms with Crippen LogP contribution >= 0.6 is 11.6 Å². The Morgan fingerprint density at radius 1 is 1.11 bits per heavy atom. The SMILES string of the molecule is CN1C(=Cc2ccc(Cl)cc2)COc2ccccc21. The molecular formula is C16H14ClNO. The number of hydrogen-bond acceptors (Lipinski definition) is 2. The van der Waals surface area contributed by atoms with Gasteiger partial charge in [0.05, 0.1) is 11.4 Å². The van der Waals surface area contributed by atoms with Crippen LogP contribution in [0.5, 0.6) is 5.75 Å². The molecule has 0 aliphatic carbocycles. The number of benzene rings is 2. The van der Waals surface area contributed by atoms with E-state index in [-0.39, 0.29) is 0 Å². The summed E-state index contributed by atoms with van der Waals surface area (Å²) in [5.74, 6) is 0.929. The summed E-state index contributed by atoms with van der Waals surface area (Å²) in [5, 5.41) is 0.751. The van der Waals surface area contributed by atoms with Crippen molar-refractivity contribution in [1.82, 2.24) is 0 Å². The van der Waals surface area contributed by atoms with Gasteiger partial charge in [-0.2, -0.15) is 0 Å². The summed E-state index contributed by atoms with van der Waals surface area (Å²) in [6.07, 6.45) is 2.12. The van der Waals surface area contributed by atoms with E-state index in [1.807, 2.05) is 42.5 Å². The van der Waals surface area contributed by atoms with Crippen molar-refractivity contribution in [2.45, 2.75) is 0 Å². The average Bonchev–Trinajstić information content (AvgIpc) is 2.45. The first-order valence-corrected chi connectivity index (χ1v) is 6.53. The molecule has 0 saturated carbocycles. The lowest BCUT2D eigenvalue weighted by Crippen LogP contribution is -2.26. The van der Waals surface area contributed by atoms with Crippen LogP contribution in [0, 0.1) is 0 Å². The second-order valence-corrected chi connectivity index (χ2v) is 4.94. The third-order valence-electron chi connectivity index (χ3n) is 3.24. The molecule has 0 N–H and O–H groups in total. The van der Waals surface area contributed by atoms with Crippen molar-refractivity contribution in [3.63, 3.8) is 0 Å². The highest BCUT2D eigenvalue weighted by Gasteiger charge is 2.18. The number of hydrogen-bond donors (Lipinski definition) is 0. The first-order valence-electron chi connectivity index (χ1n) is 6.16. The van der Waals surface area contributed by atoms with Gasteiger partial charge in [0.25, 0.3) is 0 Å². The summed E-state index contributed by atoms with van der Waals surface area (Å²) in [4.78, 5) is 2.16. The van der Waals surface area contributed by atoms with Crippen LogP contribution in [0.25, 0.3) is 6.08 Å². The predicted octanol–water partition coefficient (Wildman–Crippen LogP) is 4.21. The minimum absolute atomic E-state index is 0.580. The Kier molecular flexibility index (Phi) is 3.18. The van der Waals surface area contributed by atoms with Crippen LogP contribution in [0.4, 0.5) is 5.69 Å². The molecule has 1 aliphatic heterocycles. The van der Waals surface area contributed by atoms with Crippen molar-refractivity contribution >= 4 is 23.4 Å². The van der Waals surface area contributed by atoms with Crippen LogP contribution in [0.3, 0.4) is 0 Å². The topological polar surface area (TPSA) is 12.5 Å². The van der Waals surface area contributed by atoms with E-state index in [0.29, 0.717) is 6.61 Å². The van der Waals surface area contributed by atoms with E-state index in [1.165, 1.54) is 0 Å². The average molecular weight is 272 g/mol. The van der Waals surface area contributed by atoms with Gasteiger partial charge < -0.3 is 9.64 Å². The van der Waals surface area contributed by atoms with Crippen LogP contribution in [-0.2, 0) is 0 Å². The van der Waals surface area contributed by atoms with Crippen LogP contribution in [0.1, 0.15) is 5.56 Å². The fraction of sp³-hybridized carbons (Fsp3) is 0.125. The van der Waals surface area contributed by atoms with E-state index in [1.54, 1.807) is 0 Å². The highest BCUT2D eigenvalue weighted by atomic mass is 35.5. The molecular weight excluding hydrogens is 258 g/mol. The van der Waals surface area contributed by atoms with Crippen molar-refractivity contribution in [3.8, 4) is 5.75 Å². The quantitative estimate of drug-likeness (QED) is 0.770. The minimum atomic E-state index is 0.580. The van der Waals surface area contributed by atoms with Gasteiger partial charge in [-0.25, -0.2) is 0 Å². The van der Waals surface area contributed by atoms with E-state index in [4.69, 9.17) is 16.3 Å². The number of halogens is 1. The van der Waals surface area contributed by atoms with Crippen molar-refractivity contribution in [3.05, 3.63) is 64.8 Å². The van der Waals surface area contributed by atoms with Crippen LogP contribution in [0.15, 0.2) is 54.2 Å². The standard InChI is InChI=1S/C16H14ClNO/c1-18-14(10-12-6-8-13(17)9-7-12)11-19-16-5-3-2-4-15(16)18/h2-10H,11H2,1H3. The third kappa shape index (κ3) is 2.45. The molecule has 0 amide bonds. The van der Waals surface area contributed by atoms with Crippen molar-refractivity contribution in [2.24, 2.45) is 0 Å². The Morgan fingerprint density at radius 3 is 2.63 bits per heavy atom. The fourth-order valence-corrected chi connectivity index (χ4v) is 2.28. The summed E-state index contributed by atoms with van der Waals surface area (Å²) >= 11 is 5.89. The van der Waals surface area contributed by atoms with Gasteiger partial charge in [0, 0.05) is 12.1 Å². The molecule has 1 heterocycles. The molecule has 3 heteroatoms. The second-order valence-electron chi connectivity index (χ2n) is 4.50. The van der Waals surface area contributed by atoms with E-state index < -0.39 is 0 Å². The number of nitrogens with zero attached hydrogens (tertiary/aromatic N) is 1. The molecule has 1 aliphatic rings. The monoisotopic (exact) mass is 271 g/mol. The Balaban J connectivity index is 1.93. The number of fused-ring (bicyclic) bond motifs is 1. The Labute approximate surface area is 117 Å². The Morgan fingerprint density at radius 2 is 1.84 bits per heavy atom. The predicted molar refractivity (Wildman–Crippen MR) is 79.8 cm³/mol. The number of rotatable bonds is 1. The summed E-state index contributed by atoms with van der Waals surface area (Å²) in [5.41, 5.74) is 3.34. The van der Waals surface area contributed by atoms with E-state index >= 15 is 0 Å². The Bertz CT molecular complexity index is 619. The van der Waals surface area contributed by atoms with Gasteiger partial charge >= 0.3 is 0 Å². The van der Waals surface area contributed by atoms with E-state index in [2.05, 4.69) is 24.1 Å². The van der Waals surface area contributed by atoms with Gasteiger partial charge in [0.2, 0.25) is 0 Å². The molecule has 0 spiro atoms. The lowest BCUT2D eigenvalue weighted by Gasteiger charge is -2.30. The molecule has 0 bridgehead atoms. The number of para-hydroxylation sites is 2. The lowest BCUT2D eigenvalue weighted by atomic mass is 10.1. The van der Waals surface area contributed by atoms with Crippen molar-refractivity contribution in [2.75, 3.05) is 18.6 Å². The molecule has 0 aromatic heterocycles. The first-order chi connectivity index (χ1) is 9.24. The number of anilines is 1. The van der Waals surface area contributed by atoms with Crippen molar-refractivity contribution in [1.29, 1.82) is 0 Å². The maximum atomic E-state index is 5.89. The van der Waals surface area contributed by atoms with Crippen LogP contribution in [0.2, 0.25) is 5.02 Å². The van der Waals surface area contributed by atoms with Gasteiger partial charge in [0.1, 0.15) is 12.4 Å². The maximum absolute atomic E-state index is 5.89. The second kappa shape index (κ2) is 4.98. The molecule has 19 heavy (non-hydrogen) atoms. The van der Waals surface area contributed by atoms with Gasteiger partial charge in [-0.05, 0) is 35.9 Å². The van der Waals surface area contributed by atoms with E-state index in [9.17, 15) is 0 Å². The van der Waals surface area contributed by atoms with E-state index in [0.717, 1.165) is 27.7 Å². The molecule has 96 valence electrons. The lowest BCUT2D eigenvalue weighted by molar-refractivity contribution is 0.339. The zero-order chi connectivity index (χ0) is 13.2. The molecule has 3 rings (SSSR count). The molecule has 0 atom stereocenters. The van der Waals surface area contributed by atoms with Gasteiger partial charge in [-0.3, -0.25) is 0 Å². The molecule has 2 nitrogen and oxygen atoms in total. The smallest absolute Gasteiger partial charge is 0.143 e. The van der Waals surface area contributed by atoms with Crippen LogP contribution in [-0.4, -0.2) is 13.7 Å². The number of likely N-dealkylation sites (N-methyl/N-ethyl adjacent to an activating group) is 1. The van der Waals surface area contributed by atoms with Crippen molar-refractivity contribution < 1.29 is 4.74 Å². The van der Waals surface area contributed by atoms with Gasteiger partial charge in [0.15, 0.2) is 0 Å². The molecule has 2 aromatic carbocycles. The minimum Gasteiger partial charge on any atom is -0.485 e. The number of ether oxygens (including phenoxy) is 1. The molecule has 2 aromatic rings. The zero-order valence-corrected chi connectivity index (χ0v) is 11.4. The highest BCUT2D eigenvalue weighted by Crippen LogP contribution is 2.34. The zero-order valence-electron chi connectivity index (χ0n) is 10.6. The molecule has 0 saturated heterocycles. The summed E-state index contributed by atoms with van der Waals surface area (Å²) < 4.78 is 5.77. The largest absolute Gasteiger partial charge is 0.485 e. The summed E-state index contributed by atoms with van der Waals surface area (Å²) in [7, 11) is 2.06. The van der Waals surface area contributed by atoms with Crippen LogP contribution < -0.4 is 9.64 Å².